The third kappa shape index (κ3) is 4.36. The van der Waals surface area contributed by atoms with Gasteiger partial charge >= 0.3 is 0 Å². The number of hydrogen-bond acceptors (Lipinski definition) is 8. The minimum absolute atomic E-state index is 0.109. The van der Waals surface area contributed by atoms with Crippen molar-refractivity contribution in [3.05, 3.63) is 42.5 Å². The molecule has 9 nitrogen and oxygen atoms in total. The Morgan fingerprint density at radius 3 is 3.00 bits per heavy atom. The summed E-state index contributed by atoms with van der Waals surface area (Å²) in [6, 6.07) is 5.61. The lowest BCUT2D eigenvalue weighted by Crippen LogP contribution is -2.22. The standard InChI is InChI=1S/C20H21FN8O/c21-16-3-6-28(12-16)19-14(9-22)8-15(10-24-19)18-2-4-23-20(27-18)26-17-11-25-29(13-17)5-1-7-30/h2,4,8,10-11,13,16,30H,1,3,5-7,12H2,(H,23,26,27). The molecule has 1 aliphatic rings. The molecule has 4 heterocycles. The summed E-state index contributed by atoms with van der Waals surface area (Å²) in [4.78, 5) is 14.9. The predicted octanol–water partition coefficient (Wildman–Crippen LogP) is 2.28. The number of halogens is 1. The van der Waals surface area contributed by atoms with Crippen LogP contribution in [0.25, 0.3) is 11.3 Å². The minimum Gasteiger partial charge on any atom is -0.396 e. The molecule has 2 N–H and O–H groups in total. The average molecular weight is 408 g/mol. The molecule has 30 heavy (non-hydrogen) atoms. The summed E-state index contributed by atoms with van der Waals surface area (Å²) >= 11 is 0. The first-order chi connectivity index (χ1) is 14.7. The summed E-state index contributed by atoms with van der Waals surface area (Å²) in [6.07, 6.45) is 6.92. The molecule has 1 unspecified atom stereocenters. The Hall–Kier alpha value is -3.58. The molecule has 1 atom stereocenters. The molecule has 0 bridgehead atoms. The maximum Gasteiger partial charge on any atom is 0.227 e. The molecular weight excluding hydrogens is 387 g/mol. The van der Waals surface area contributed by atoms with E-state index < -0.39 is 6.17 Å². The van der Waals surface area contributed by atoms with Gasteiger partial charge in [0.2, 0.25) is 5.95 Å². The second-order valence-electron chi connectivity index (χ2n) is 7.00. The van der Waals surface area contributed by atoms with Crippen molar-refractivity contribution < 1.29 is 9.50 Å². The number of nitriles is 1. The van der Waals surface area contributed by atoms with E-state index >= 15 is 0 Å². The van der Waals surface area contributed by atoms with Gasteiger partial charge in [-0.1, -0.05) is 0 Å². The first kappa shape index (κ1) is 19.7. The Kier molecular flexibility index (Phi) is 5.81. The van der Waals surface area contributed by atoms with Gasteiger partial charge in [-0.3, -0.25) is 4.68 Å². The molecule has 1 fully saturated rings. The average Bonchev–Trinajstić information content (AvgIpc) is 3.40. The van der Waals surface area contributed by atoms with Crippen molar-refractivity contribution in [2.45, 2.75) is 25.6 Å². The van der Waals surface area contributed by atoms with Crippen LogP contribution in [0.3, 0.4) is 0 Å². The molecule has 3 aromatic heterocycles. The lowest BCUT2D eigenvalue weighted by atomic mass is 10.1. The molecule has 1 aliphatic heterocycles. The van der Waals surface area contributed by atoms with Crippen LogP contribution >= 0.6 is 0 Å². The molecule has 0 saturated carbocycles. The van der Waals surface area contributed by atoms with Crippen LogP contribution in [0.1, 0.15) is 18.4 Å². The minimum atomic E-state index is -0.887. The zero-order valence-electron chi connectivity index (χ0n) is 16.2. The quantitative estimate of drug-likeness (QED) is 0.612. The zero-order valence-corrected chi connectivity index (χ0v) is 16.2. The van der Waals surface area contributed by atoms with Gasteiger partial charge in [-0.05, 0) is 25.0 Å². The van der Waals surface area contributed by atoms with Gasteiger partial charge < -0.3 is 15.3 Å². The number of rotatable bonds is 7. The fraction of sp³-hybridized carbons (Fsp3) is 0.350. The highest BCUT2D eigenvalue weighted by Crippen LogP contribution is 2.27. The van der Waals surface area contributed by atoms with Crippen molar-refractivity contribution in [3.63, 3.8) is 0 Å². The molecule has 3 aromatic rings. The number of aryl methyl sites for hydroxylation is 1. The van der Waals surface area contributed by atoms with Gasteiger partial charge in [0.15, 0.2) is 0 Å². The SMILES string of the molecule is N#Cc1cc(-c2ccnc(Nc3cnn(CCCO)c3)n2)cnc1N1CCC(F)C1. The fourth-order valence-electron chi connectivity index (χ4n) is 3.33. The molecule has 0 amide bonds. The van der Waals surface area contributed by atoms with Gasteiger partial charge in [0.05, 0.1) is 29.7 Å². The van der Waals surface area contributed by atoms with Crippen LogP contribution in [0.2, 0.25) is 0 Å². The van der Waals surface area contributed by atoms with Crippen molar-refractivity contribution in [1.29, 1.82) is 5.26 Å². The van der Waals surface area contributed by atoms with Gasteiger partial charge in [-0.25, -0.2) is 19.3 Å². The maximum absolute atomic E-state index is 13.5. The predicted molar refractivity (Wildman–Crippen MR) is 109 cm³/mol. The summed E-state index contributed by atoms with van der Waals surface area (Å²) in [5.74, 6) is 0.890. The van der Waals surface area contributed by atoms with E-state index in [9.17, 15) is 9.65 Å². The molecule has 4 rings (SSSR count). The molecule has 154 valence electrons. The number of alkyl halides is 1. The van der Waals surface area contributed by atoms with Gasteiger partial charge in [0.25, 0.3) is 0 Å². The van der Waals surface area contributed by atoms with Gasteiger partial charge in [0.1, 0.15) is 18.1 Å². The van der Waals surface area contributed by atoms with Crippen LogP contribution in [0.15, 0.2) is 36.9 Å². The van der Waals surface area contributed by atoms with E-state index in [-0.39, 0.29) is 13.2 Å². The Bertz CT molecular complexity index is 1060. The summed E-state index contributed by atoms with van der Waals surface area (Å²) < 4.78 is 15.3. The highest BCUT2D eigenvalue weighted by Gasteiger charge is 2.25. The third-order valence-electron chi connectivity index (χ3n) is 4.80. The van der Waals surface area contributed by atoms with Crippen LogP contribution in [-0.2, 0) is 6.54 Å². The van der Waals surface area contributed by atoms with Crippen LogP contribution in [-0.4, -0.2) is 55.7 Å². The van der Waals surface area contributed by atoms with Crippen LogP contribution in [0.5, 0.6) is 0 Å². The smallest absolute Gasteiger partial charge is 0.227 e. The number of aliphatic hydroxyl groups excluding tert-OH is 1. The van der Waals surface area contributed by atoms with Gasteiger partial charge in [-0.2, -0.15) is 10.4 Å². The van der Waals surface area contributed by atoms with Gasteiger partial charge in [-0.15, -0.1) is 0 Å². The first-order valence-corrected chi connectivity index (χ1v) is 9.69. The number of hydrogen-bond donors (Lipinski definition) is 2. The summed E-state index contributed by atoms with van der Waals surface area (Å²) in [5, 5.41) is 25.8. The zero-order chi connectivity index (χ0) is 20.9. The monoisotopic (exact) mass is 408 g/mol. The van der Waals surface area contributed by atoms with Crippen molar-refractivity contribution in [2.75, 3.05) is 29.9 Å². The number of aromatic nitrogens is 5. The Labute approximate surface area is 172 Å². The van der Waals surface area contributed by atoms with Crippen LogP contribution in [0, 0.1) is 11.3 Å². The third-order valence-corrected chi connectivity index (χ3v) is 4.80. The van der Waals surface area contributed by atoms with E-state index in [0.29, 0.717) is 54.5 Å². The molecule has 0 aliphatic carbocycles. The lowest BCUT2D eigenvalue weighted by molar-refractivity contribution is 0.277. The van der Waals surface area contributed by atoms with E-state index in [1.807, 2.05) is 6.20 Å². The van der Waals surface area contributed by atoms with Crippen molar-refractivity contribution in [2.24, 2.45) is 0 Å². The maximum atomic E-state index is 13.5. The number of anilines is 3. The molecule has 0 radical (unpaired) electrons. The molecular formula is C20H21FN8O. The van der Waals surface area contributed by atoms with Crippen molar-refractivity contribution in [1.82, 2.24) is 24.7 Å². The first-order valence-electron chi connectivity index (χ1n) is 9.69. The van der Waals surface area contributed by atoms with E-state index in [0.717, 1.165) is 5.69 Å². The number of nitrogens with one attached hydrogen (secondary N) is 1. The Morgan fingerprint density at radius 1 is 1.33 bits per heavy atom. The lowest BCUT2D eigenvalue weighted by Gasteiger charge is -2.18. The van der Waals surface area contributed by atoms with Crippen molar-refractivity contribution in [3.8, 4) is 17.3 Å². The Morgan fingerprint density at radius 2 is 2.23 bits per heavy atom. The number of pyridine rings is 1. The topological polar surface area (TPSA) is 116 Å². The fourth-order valence-corrected chi connectivity index (χ4v) is 3.33. The van der Waals surface area contributed by atoms with E-state index in [1.54, 1.807) is 40.3 Å². The molecule has 0 aromatic carbocycles. The number of nitrogens with zero attached hydrogens (tertiary/aromatic N) is 7. The van der Waals surface area contributed by atoms with Crippen LogP contribution < -0.4 is 10.2 Å². The van der Waals surface area contributed by atoms with Crippen LogP contribution in [0.4, 0.5) is 21.8 Å². The second-order valence-corrected chi connectivity index (χ2v) is 7.00. The highest BCUT2D eigenvalue weighted by atomic mass is 19.1. The Balaban J connectivity index is 1.53. The van der Waals surface area contributed by atoms with Gasteiger partial charge in [0, 0.05) is 43.9 Å². The summed E-state index contributed by atoms with van der Waals surface area (Å²) in [5.41, 5.74) is 2.40. The highest BCUT2D eigenvalue weighted by molar-refractivity contribution is 5.67. The molecule has 0 spiro atoms. The largest absolute Gasteiger partial charge is 0.396 e. The second kappa shape index (κ2) is 8.84. The molecule has 1 saturated heterocycles. The summed E-state index contributed by atoms with van der Waals surface area (Å²) in [6.45, 7) is 1.54. The molecule has 10 heteroatoms. The normalized spacial score (nSPS) is 15.9. The van der Waals surface area contributed by atoms with E-state index in [1.165, 1.54) is 0 Å². The van der Waals surface area contributed by atoms with E-state index in [2.05, 4.69) is 31.4 Å². The van der Waals surface area contributed by atoms with E-state index in [4.69, 9.17) is 5.11 Å². The van der Waals surface area contributed by atoms with Crippen molar-refractivity contribution >= 4 is 17.5 Å². The summed E-state index contributed by atoms with van der Waals surface area (Å²) in [7, 11) is 0. The number of aliphatic hydroxyl groups is 1.